The van der Waals surface area contributed by atoms with Crippen molar-refractivity contribution in [3.8, 4) is 0 Å². The first-order chi connectivity index (χ1) is 7.95. The molecular formula is C12H21ClN4O. The van der Waals surface area contributed by atoms with Crippen LogP contribution in [-0.2, 0) is 0 Å². The number of hydrogen-bond donors (Lipinski definition) is 2. The Kier molecular flexibility index (Phi) is 6.80. The van der Waals surface area contributed by atoms with Crippen molar-refractivity contribution >= 4 is 18.3 Å². The predicted octanol–water partition coefficient (Wildman–Crippen LogP) is 1.41. The van der Waals surface area contributed by atoms with Gasteiger partial charge in [-0.05, 0) is 19.8 Å². The molecule has 0 bridgehead atoms. The van der Waals surface area contributed by atoms with E-state index in [0.717, 1.165) is 5.69 Å². The molecule has 0 aliphatic rings. The van der Waals surface area contributed by atoms with Crippen molar-refractivity contribution in [1.82, 2.24) is 15.3 Å². The van der Waals surface area contributed by atoms with Crippen LogP contribution >= 0.6 is 12.4 Å². The average molecular weight is 273 g/mol. The number of nitrogens with one attached hydrogen (secondary N) is 1. The highest BCUT2D eigenvalue weighted by molar-refractivity contribution is 5.95. The number of halogens is 1. The monoisotopic (exact) mass is 272 g/mol. The largest absolute Gasteiger partial charge is 0.348 e. The number of aromatic nitrogens is 2. The summed E-state index contributed by atoms with van der Waals surface area (Å²) in [6, 6.07) is -0.0520. The second kappa shape index (κ2) is 7.28. The van der Waals surface area contributed by atoms with Crippen molar-refractivity contribution in [2.75, 3.05) is 6.54 Å². The van der Waals surface area contributed by atoms with Crippen molar-refractivity contribution in [3.05, 3.63) is 23.3 Å². The van der Waals surface area contributed by atoms with Crippen molar-refractivity contribution in [1.29, 1.82) is 0 Å². The number of amides is 1. The highest BCUT2D eigenvalue weighted by atomic mass is 35.5. The third kappa shape index (κ3) is 4.23. The van der Waals surface area contributed by atoms with Crippen LogP contribution in [0.4, 0.5) is 0 Å². The summed E-state index contributed by atoms with van der Waals surface area (Å²) in [6.07, 6.45) is 1.58. The van der Waals surface area contributed by atoms with Crippen LogP contribution in [-0.4, -0.2) is 28.5 Å². The minimum absolute atomic E-state index is 0. The Labute approximate surface area is 114 Å². The molecule has 1 aromatic heterocycles. The first kappa shape index (κ1) is 16.8. The van der Waals surface area contributed by atoms with Gasteiger partial charge in [-0.3, -0.25) is 4.79 Å². The van der Waals surface area contributed by atoms with Gasteiger partial charge in [-0.2, -0.15) is 0 Å². The topological polar surface area (TPSA) is 80.9 Å². The summed E-state index contributed by atoms with van der Waals surface area (Å²) < 4.78 is 0. The summed E-state index contributed by atoms with van der Waals surface area (Å²) in [5, 5.41) is 2.82. The van der Waals surface area contributed by atoms with E-state index in [4.69, 9.17) is 5.73 Å². The van der Waals surface area contributed by atoms with Crippen LogP contribution in [0, 0.1) is 6.92 Å². The molecular weight excluding hydrogens is 252 g/mol. The van der Waals surface area contributed by atoms with Crippen LogP contribution in [0.1, 0.15) is 48.6 Å². The van der Waals surface area contributed by atoms with Crippen LogP contribution in [0.25, 0.3) is 0 Å². The van der Waals surface area contributed by atoms with Crippen LogP contribution < -0.4 is 11.1 Å². The Morgan fingerprint density at radius 3 is 2.56 bits per heavy atom. The van der Waals surface area contributed by atoms with Gasteiger partial charge in [0.25, 0.3) is 5.91 Å². The first-order valence-corrected chi connectivity index (χ1v) is 5.80. The smallest absolute Gasteiger partial charge is 0.254 e. The average Bonchev–Trinajstić information content (AvgIpc) is 2.28. The van der Waals surface area contributed by atoms with E-state index in [-0.39, 0.29) is 30.3 Å². The zero-order chi connectivity index (χ0) is 13.0. The van der Waals surface area contributed by atoms with Gasteiger partial charge >= 0.3 is 0 Å². The number of nitrogens with zero attached hydrogens (tertiary/aromatic N) is 2. The molecule has 0 fully saturated rings. The van der Waals surface area contributed by atoms with E-state index in [0.29, 0.717) is 17.9 Å². The molecule has 102 valence electrons. The molecule has 0 saturated heterocycles. The number of carbonyl (C=O) groups is 1. The molecule has 1 rings (SSSR count). The lowest BCUT2D eigenvalue weighted by Gasteiger charge is -2.15. The summed E-state index contributed by atoms with van der Waals surface area (Å²) in [5.74, 6) is 0.703. The fourth-order valence-corrected chi connectivity index (χ4v) is 1.46. The van der Waals surface area contributed by atoms with Gasteiger partial charge in [0.05, 0.1) is 11.3 Å². The van der Waals surface area contributed by atoms with E-state index in [2.05, 4.69) is 15.3 Å². The lowest BCUT2D eigenvalue weighted by molar-refractivity contribution is 0.0939. The number of hydrogen-bond acceptors (Lipinski definition) is 4. The van der Waals surface area contributed by atoms with Crippen LogP contribution in [0.5, 0.6) is 0 Å². The maximum absolute atomic E-state index is 12.0. The first-order valence-electron chi connectivity index (χ1n) is 5.80. The molecule has 0 saturated carbocycles. The fraction of sp³-hybridized carbons (Fsp3) is 0.583. The molecule has 3 N–H and O–H groups in total. The lowest BCUT2D eigenvalue weighted by atomic mass is 10.0. The Bertz CT molecular complexity index is 409. The van der Waals surface area contributed by atoms with E-state index in [1.165, 1.54) is 0 Å². The molecule has 6 heteroatoms. The highest BCUT2D eigenvalue weighted by Gasteiger charge is 2.17. The normalized spacial score (nSPS) is 11.9. The molecule has 0 aromatic carbocycles. The number of carbonyl (C=O) groups excluding carboxylic acids is 1. The lowest BCUT2D eigenvalue weighted by Crippen LogP contribution is -2.38. The SMILES string of the molecule is Cc1ncc(C(=O)N[C@@H](C)CN)c(C(C)C)n1.Cl. The van der Waals surface area contributed by atoms with Gasteiger partial charge in [-0.15, -0.1) is 12.4 Å². The molecule has 18 heavy (non-hydrogen) atoms. The molecule has 0 aliphatic carbocycles. The molecule has 1 amide bonds. The second-order valence-electron chi connectivity index (χ2n) is 4.48. The van der Waals surface area contributed by atoms with E-state index in [1.54, 1.807) is 6.20 Å². The van der Waals surface area contributed by atoms with E-state index in [9.17, 15) is 4.79 Å². The molecule has 1 heterocycles. The fourth-order valence-electron chi connectivity index (χ4n) is 1.46. The Morgan fingerprint density at radius 1 is 1.44 bits per heavy atom. The number of nitrogens with two attached hydrogens (primary N) is 1. The Hall–Kier alpha value is -1.20. The van der Waals surface area contributed by atoms with Gasteiger partial charge in [-0.1, -0.05) is 13.8 Å². The van der Waals surface area contributed by atoms with Gasteiger partial charge in [0.15, 0.2) is 0 Å². The maximum atomic E-state index is 12.0. The Morgan fingerprint density at radius 2 is 2.06 bits per heavy atom. The minimum Gasteiger partial charge on any atom is -0.348 e. The molecule has 0 unspecified atom stereocenters. The van der Waals surface area contributed by atoms with Crippen LogP contribution in [0.3, 0.4) is 0 Å². The predicted molar refractivity (Wildman–Crippen MR) is 74.1 cm³/mol. The summed E-state index contributed by atoms with van der Waals surface area (Å²) >= 11 is 0. The van der Waals surface area contributed by atoms with Gasteiger partial charge < -0.3 is 11.1 Å². The van der Waals surface area contributed by atoms with Crippen LogP contribution in [0.2, 0.25) is 0 Å². The standard InChI is InChI=1S/C12H20N4O.ClH/c1-7(2)11-10(6-14-9(4)16-11)12(17)15-8(3)5-13;/h6-8H,5,13H2,1-4H3,(H,15,17);1H/t8-;/m0./s1. The minimum atomic E-state index is -0.161. The summed E-state index contributed by atoms with van der Waals surface area (Å²) in [6.45, 7) is 8.10. The molecule has 0 aliphatic heterocycles. The van der Waals surface area contributed by atoms with Crippen LogP contribution in [0.15, 0.2) is 6.20 Å². The molecule has 0 spiro atoms. The molecule has 1 atom stereocenters. The zero-order valence-corrected chi connectivity index (χ0v) is 12.0. The van der Waals surface area contributed by atoms with Crippen molar-refractivity contribution in [3.63, 3.8) is 0 Å². The zero-order valence-electron chi connectivity index (χ0n) is 11.2. The van der Waals surface area contributed by atoms with Gasteiger partial charge in [0.2, 0.25) is 0 Å². The van der Waals surface area contributed by atoms with Crippen molar-refractivity contribution in [2.45, 2.75) is 39.7 Å². The number of rotatable bonds is 4. The van der Waals surface area contributed by atoms with Crippen molar-refractivity contribution < 1.29 is 4.79 Å². The quantitative estimate of drug-likeness (QED) is 0.868. The van der Waals surface area contributed by atoms with Gasteiger partial charge in [0.1, 0.15) is 5.82 Å². The molecule has 1 aromatic rings. The van der Waals surface area contributed by atoms with Crippen molar-refractivity contribution in [2.24, 2.45) is 5.73 Å². The van der Waals surface area contributed by atoms with E-state index in [1.807, 2.05) is 27.7 Å². The number of aryl methyl sites for hydroxylation is 1. The third-order valence-electron chi connectivity index (χ3n) is 2.46. The maximum Gasteiger partial charge on any atom is 0.254 e. The summed E-state index contributed by atoms with van der Waals surface area (Å²) in [7, 11) is 0. The van der Waals surface area contributed by atoms with E-state index >= 15 is 0 Å². The molecule has 0 radical (unpaired) electrons. The Balaban J connectivity index is 0.00000289. The third-order valence-corrected chi connectivity index (χ3v) is 2.46. The summed E-state index contributed by atoms with van der Waals surface area (Å²) in [4.78, 5) is 20.4. The van der Waals surface area contributed by atoms with E-state index < -0.39 is 0 Å². The second-order valence-corrected chi connectivity index (χ2v) is 4.48. The summed E-state index contributed by atoms with van der Waals surface area (Å²) in [5.41, 5.74) is 6.78. The highest BCUT2D eigenvalue weighted by Crippen LogP contribution is 2.16. The van der Waals surface area contributed by atoms with Gasteiger partial charge in [0, 0.05) is 18.8 Å². The molecule has 5 nitrogen and oxygen atoms in total. The van der Waals surface area contributed by atoms with Gasteiger partial charge in [-0.25, -0.2) is 9.97 Å².